The molecule has 0 radical (unpaired) electrons. The second-order valence-electron chi connectivity index (χ2n) is 4.72. The Labute approximate surface area is 122 Å². The summed E-state index contributed by atoms with van der Waals surface area (Å²) in [4.78, 5) is 11.8. The van der Waals surface area contributed by atoms with Gasteiger partial charge >= 0.3 is 5.97 Å². The van der Waals surface area contributed by atoms with E-state index in [4.69, 9.17) is 4.74 Å². The van der Waals surface area contributed by atoms with Crippen LogP contribution in [0.3, 0.4) is 0 Å². The number of hydrogen-bond acceptors (Lipinski definition) is 5. The van der Waals surface area contributed by atoms with Crippen molar-refractivity contribution in [3.05, 3.63) is 53.1 Å². The monoisotopic (exact) mass is 287 g/mol. The molecule has 0 aliphatic heterocycles. The molecule has 2 rings (SSSR count). The van der Waals surface area contributed by atoms with E-state index < -0.39 is 5.97 Å². The van der Waals surface area contributed by atoms with Gasteiger partial charge in [0.05, 0.1) is 12.7 Å². The fourth-order valence-electron chi connectivity index (χ4n) is 1.97. The van der Waals surface area contributed by atoms with Crippen molar-refractivity contribution in [2.24, 2.45) is 0 Å². The molecular weight excluding hydrogens is 270 g/mol. The van der Waals surface area contributed by atoms with Crippen molar-refractivity contribution in [2.75, 3.05) is 12.4 Å². The Morgan fingerprint density at radius 3 is 2.57 bits per heavy atom. The van der Waals surface area contributed by atoms with E-state index in [-0.39, 0.29) is 11.5 Å². The zero-order chi connectivity index (χ0) is 15.4. The van der Waals surface area contributed by atoms with Gasteiger partial charge in [0, 0.05) is 12.2 Å². The van der Waals surface area contributed by atoms with Crippen LogP contribution in [0, 0.1) is 6.92 Å². The number of phenols is 2. The fourth-order valence-corrected chi connectivity index (χ4v) is 1.97. The molecular formula is C16H17NO4. The number of nitrogens with one attached hydrogen (secondary N) is 1. The first-order chi connectivity index (χ1) is 10.0. The number of carbonyl (C=O) groups excluding carboxylic acids is 1. The first-order valence-corrected chi connectivity index (χ1v) is 6.45. The van der Waals surface area contributed by atoms with Gasteiger partial charge in [-0.3, -0.25) is 0 Å². The standard InChI is InChI=1S/C16H17NO4/c1-10-3-5-13(12(7-10)16(20)21-2)17-9-11-4-6-14(18)15(19)8-11/h3-8,17-19H,9H2,1-2H3. The molecule has 110 valence electrons. The summed E-state index contributed by atoms with van der Waals surface area (Å²) in [6, 6.07) is 10.0. The average Bonchev–Trinajstić information content (AvgIpc) is 2.48. The lowest BCUT2D eigenvalue weighted by Gasteiger charge is -2.12. The Hall–Kier alpha value is -2.69. The maximum absolute atomic E-state index is 11.8. The van der Waals surface area contributed by atoms with Crippen molar-refractivity contribution in [1.29, 1.82) is 0 Å². The van der Waals surface area contributed by atoms with Crippen LogP contribution in [0.5, 0.6) is 11.5 Å². The zero-order valence-electron chi connectivity index (χ0n) is 11.9. The zero-order valence-corrected chi connectivity index (χ0v) is 11.9. The number of aromatic hydroxyl groups is 2. The molecule has 5 heteroatoms. The van der Waals surface area contributed by atoms with Crippen LogP contribution in [0.1, 0.15) is 21.5 Å². The van der Waals surface area contributed by atoms with Crippen LogP contribution in [0.2, 0.25) is 0 Å². The van der Waals surface area contributed by atoms with Gasteiger partial charge in [-0.25, -0.2) is 4.79 Å². The summed E-state index contributed by atoms with van der Waals surface area (Å²) < 4.78 is 4.77. The third-order valence-electron chi connectivity index (χ3n) is 3.10. The smallest absolute Gasteiger partial charge is 0.339 e. The molecule has 0 aliphatic rings. The molecule has 0 fully saturated rings. The van der Waals surface area contributed by atoms with Gasteiger partial charge in [-0.05, 0) is 36.8 Å². The Morgan fingerprint density at radius 1 is 1.14 bits per heavy atom. The molecule has 0 aromatic heterocycles. The lowest BCUT2D eigenvalue weighted by molar-refractivity contribution is 0.0601. The summed E-state index contributed by atoms with van der Waals surface area (Å²) >= 11 is 0. The summed E-state index contributed by atoms with van der Waals surface area (Å²) in [5.41, 5.74) is 2.85. The molecule has 0 bridgehead atoms. The molecule has 0 amide bonds. The van der Waals surface area contributed by atoms with Crippen LogP contribution in [-0.2, 0) is 11.3 Å². The number of ether oxygens (including phenoxy) is 1. The molecule has 5 nitrogen and oxygen atoms in total. The van der Waals surface area contributed by atoms with Crippen LogP contribution in [0.25, 0.3) is 0 Å². The number of hydrogen-bond donors (Lipinski definition) is 3. The molecule has 0 atom stereocenters. The van der Waals surface area contributed by atoms with Crippen molar-refractivity contribution >= 4 is 11.7 Å². The van der Waals surface area contributed by atoms with Gasteiger partial charge < -0.3 is 20.3 Å². The molecule has 0 aliphatic carbocycles. The maximum Gasteiger partial charge on any atom is 0.339 e. The third kappa shape index (κ3) is 3.45. The summed E-state index contributed by atoms with van der Waals surface area (Å²) in [6.07, 6.45) is 0. The number of esters is 1. The Bertz CT molecular complexity index is 667. The highest BCUT2D eigenvalue weighted by molar-refractivity contribution is 5.95. The summed E-state index contributed by atoms with van der Waals surface area (Å²) in [5, 5.41) is 21.9. The third-order valence-corrected chi connectivity index (χ3v) is 3.10. The molecule has 0 saturated carbocycles. The predicted molar refractivity (Wildman–Crippen MR) is 79.6 cm³/mol. The van der Waals surface area contributed by atoms with Gasteiger partial charge in [-0.15, -0.1) is 0 Å². The quantitative estimate of drug-likeness (QED) is 0.595. The number of aryl methyl sites for hydroxylation is 1. The number of benzene rings is 2. The van der Waals surface area contributed by atoms with Crippen LogP contribution >= 0.6 is 0 Å². The number of carbonyl (C=O) groups is 1. The predicted octanol–water partition coefficient (Wildman–Crippen LogP) is 2.80. The highest BCUT2D eigenvalue weighted by atomic mass is 16.5. The van der Waals surface area contributed by atoms with Crippen LogP contribution in [-0.4, -0.2) is 23.3 Å². The van der Waals surface area contributed by atoms with Crippen molar-refractivity contribution < 1.29 is 19.7 Å². The van der Waals surface area contributed by atoms with E-state index in [1.807, 2.05) is 19.1 Å². The minimum Gasteiger partial charge on any atom is -0.504 e. The summed E-state index contributed by atoms with van der Waals surface area (Å²) in [7, 11) is 1.34. The maximum atomic E-state index is 11.8. The van der Waals surface area contributed by atoms with Gasteiger partial charge in [-0.1, -0.05) is 17.7 Å². The molecule has 0 unspecified atom stereocenters. The van der Waals surface area contributed by atoms with Crippen LogP contribution < -0.4 is 5.32 Å². The lowest BCUT2D eigenvalue weighted by atomic mass is 10.1. The topological polar surface area (TPSA) is 78.8 Å². The number of phenolic OH excluding ortho intramolecular Hbond substituents is 2. The van der Waals surface area contributed by atoms with Crippen molar-refractivity contribution in [2.45, 2.75) is 13.5 Å². The molecule has 3 N–H and O–H groups in total. The van der Waals surface area contributed by atoms with Crippen molar-refractivity contribution in [3.8, 4) is 11.5 Å². The number of rotatable bonds is 4. The minimum absolute atomic E-state index is 0.163. The minimum atomic E-state index is -0.408. The summed E-state index contributed by atoms with van der Waals surface area (Å²) in [5.74, 6) is -0.745. The van der Waals surface area contributed by atoms with E-state index >= 15 is 0 Å². The molecule has 0 heterocycles. The van der Waals surface area contributed by atoms with Crippen molar-refractivity contribution in [3.63, 3.8) is 0 Å². The molecule has 2 aromatic rings. The second-order valence-corrected chi connectivity index (χ2v) is 4.72. The van der Waals surface area contributed by atoms with Gasteiger partial charge in [0.2, 0.25) is 0 Å². The van der Waals surface area contributed by atoms with Gasteiger partial charge in [0.15, 0.2) is 11.5 Å². The highest BCUT2D eigenvalue weighted by Crippen LogP contribution is 2.26. The Balaban J connectivity index is 2.19. The highest BCUT2D eigenvalue weighted by Gasteiger charge is 2.12. The largest absolute Gasteiger partial charge is 0.504 e. The summed E-state index contributed by atoms with van der Waals surface area (Å²) in [6.45, 7) is 2.30. The Morgan fingerprint density at radius 2 is 1.90 bits per heavy atom. The first kappa shape index (κ1) is 14.7. The molecule has 21 heavy (non-hydrogen) atoms. The van der Waals surface area contributed by atoms with Gasteiger partial charge in [0.25, 0.3) is 0 Å². The van der Waals surface area contributed by atoms with Crippen LogP contribution in [0.4, 0.5) is 5.69 Å². The van der Waals surface area contributed by atoms with Gasteiger partial charge in [0.1, 0.15) is 0 Å². The normalized spacial score (nSPS) is 10.2. The first-order valence-electron chi connectivity index (χ1n) is 6.45. The van der Waals surface area contributed by atoms with E-state index in [2.05, 4.69) is 5.32 Å². The van der Waals surface area contributed by atoms with Gasteiger partial charge in [-0.2, -0.15) is 0 Å². The van der Waals surface area contributed by atoms with Crippen LogP contribution in [0.15, 0.2) is 36.4 Å². The molecule has 0 spiro atoms. The lowest BCUT2D eigenvalue weighted by Crippen LogP contribution is -2.08. The second kappa shape index (κ2) is 6.17. The number of methoxy groups -OCH3 is 1. The number of anilines is 1. The SMILES string of the molecule is COC(=O)c1cc(C)ccc1NCc1ccc(O)c(O)c1. The van der Waals surface area contributed by atoms with E-state index in [1.54, 1.807) is 12.1 Å². The molecule has 0 saturated heterocycles. The van der Waals surface area contributed by atoms with E-state index in [9.17, 15) is 15.0 Å². The molecule has 2 aromatic carbocycles. The fraction of sp³-hybridized carbons (Fsp3) is 0.188. The van der Waals surface area contributed by atoms with E-state index in [1.165, 1.54) is 19.2 Å². The van der Waals surface area contributed by atoms with Crippen molar-refractivity contribution in [1.82, 2.24) is 0 Å². The average molecular weight is 287 g/mol. The van der Waals surface area contributed by atoms with E-state index in [0.29, 0.717) is 17.8 Å². The Kier molecular flexibility index (Phi) is 4.33. The van der Waals surface area contributed by atoms with E-state index in [0.717, 1.165) is 11.1 Å².